The minimum atomic E-state index is -0.942. The van der Waals surface area contributed by atoms with Gasteiger partial charge in [0.25, 0.3) is 0 Å². The van der Waals surface area contributed by atoms with Gasteiger partial charge in [-0.05, 0) is 12.8 Å². The molecule has 0 unspecified atom stereocenters. The van der Waals surface area contributed by atoms with Gasteiger partial charge in [0.05, 0.1) is 0 Å². The van der Waals surface area contributed by atoms with Crippen LogP contribution in [0.15, 0.2) is 0 Å². The summed E-state index contributed by atoms with van der Waals surface area (Å²) in [4.78, 5) is 33.7. The van der Waals surface area contributed by atoms with Gasteiger partial charge in [-0.2, -0.15) is 0 Å². The van der Waals surface area contributed by atoms with Gasteiger partial charge in [0, 0.05) is 12.8 Å². The van der Waals surface area contributed by atoms with E-state index in [0.717, 1.165) is 6.42 Å². The van der Waals surface area contributed by atoms with Crippen LogP contribution in [0.5, 0.6) is 0 Å². The Morgan fingerprint density at radius 3 is 2.08 bits per heavy atom. The van der Waals surface area contributed by atoms with Gasteiger partial charge in [0.15, 0.2) is 11.6 Å². The van der Waals surface area contributed by atoms with Crippen molar-refractivity contribution in [1.29, 1.82) is 0 Å². The van der Waals surface area contributed by atoms with E-state index in [1.165, 1.54) is 6.92 Å². The van der Waals surface area contributed by atoms with E-state index in [4.69, 9.17) is 0 Å². The molecule has 0 bridgehead atoms. The summed E-state index contributed by atoms with van der Waals surface area (Å²) in [5.41, 5.74) is 0. The average molecular weight is 182 g/mol. The van der Waals surface area contributed by atoms with Crippen molar-refractivity contribution < 1.29 is 14.4 Å². The summed E-state index contributed by atoms with van der Waals surface area (Å²) in [6.07, 6.45) is 1.63. The molecule has 0 spiro atoms. The number of rotatable bonds is 2. The zero-order valence-electron chi connectivity index (χ0n) is 8.00. The molecule has 1 fully saturated rings. The summed E-state index contributed by atoms with van der Waals surface area (Å²) in [5, 5.41) is 0. The lowest BCUT2D eigenvalue weighted by atomic mass is 9.77. The molecular weight excluding hydrogens is 168 g/mol. The molecule has 0 aliphatic heterocycles. The average Bonchev–Trinajstić information content (AvgIpc) is 2.02. The van der Waals surface area contributed by atoms with Crippen LogP contribution in [0.4, 0.5) is 0 Å². The van der Waals surface area contributed by atoms with Crippen molar-refractivity contribution in [2.45, 2.75) is 33.1 Å². The van der Waals surface area contributed by atoms with Crippen LogP contribution < -0.4 is 0 Å². The second kappa shape index (κ2) is 3.81. The lowest BCUT2D eigenvalue weighted by Crippen LogP contribution is -2.37. The predicted octanol–water partition coefficient (Wildman–Crippen LogP) is 1.15. The molecule has 13 heavy (non-hydrogen) atoms. The lowest BCUT2D eigenvalue weighted by molar-refractivity contribution is -0.142. The van der Waals surface area contributed by atoms with Gasteiger partial charge in [-0.25, -0.2) is 0 Å². The monoisotopic (exact) mass is 182 g/mol. The van der Waals surface area contributed by atoms with Crippen LogP contribution in [0.25, 0.3) is 0 Å². The van der Waals surface area contributed by atoms with Crippen LogP contribution >= 0.6 is 0 Å². The van der Waals surface area contributed by atoms with Crippen molar-refractivity contribution in [3.63, 3.8) is 0 Å². The third kappa shape index (κ3) is 2.02. The largest absolute Gasteiger partial charge is 0.299 e. The molecule has 1 rings (SSSR count). The summed E-state index contributed by atoms with van der Waals surface area (Å²) >= 11 is 0. The Bertz CT molecular complexity index is 237. The van der Waals surface area contributed by atoms with E-state index in [-0.39, 0.29) is 23.3 Å². The fourth-order valence-electron chi connectivity index (χ4n) is 1.80. The van der Waals surface area contributed by atoms with Gasteiger partial charge in [0.1, 0.15) is 11.7 Å². The number of ketones is 3. The number of Topliss-reactive ketones (excluding diaryl/α,β-unsaturated/α-hetero) is 3. The molecule has 0 aromatic rings. The Hall–Kier alpha value is -0.990. The van der Waals surface area contributed by atoms with Gasteiger partial charge in [-0.3, -0.25) is 14.4 Å². The molecule has 0 aromatic carbocycles. The maximum absolute atomic E-state index is 11.4. The van der Waals surface area contributed by atoms with Crippen molar-refractivity contribution >= 4 is 17.3 Å². The standard InChI is InChI=1S/C10H14O3/c1-3-7-4-8(12)10(6(2)11)9(13)5-7/h7,10H,3-5H2,1-2H3. The van der Waals surface area contributed by atoms with E-state index in [0.29, 0.717) is 12.8 Å². The van der Waals surface area contributed by atoms with Crippen molar-refractivity contribution in [2.24, 2.45) is 11.8 Å². The third-order valence-corrected chi connectivity index (χ3v) is 2.61. The van der Waals surface area contributed by atoms with Crippen LogP contribution in [-0.4, -0.2) is 17.3 Å². The maximum Gasteiger partial charge on any atom is 0.151 e. The zero-order valence-corrected chi connectivity index (χ0v) is 8.00. The molecule has 1 aliphatic rings. The van der Waals surface area contributed by atoms with E-state index < -0.39 is 5.92 Å². The first-order valence-electron chi connectivity index (χ1n) is 4.62. The first-order valence-corrected chi connectivity index (χ1v) is 4.62. The van der Waals surface area contributed by atoms with Gasteiger partial charge in [-0.1, -0.05) is 13.3 Å². The molecule has 0 atom stereocenters. The van der Waals surface area contributed by atoms with E-state index in [2.05, 4.69) is 0 Å². The number of hydrogen-bond acceptors (Lipinski definition) is 3. The van der Waals surface area contributed by atoms with Crippen molar-refractivity contribution in [2.75, 3.05) is 0 Å². The normalized spacial score (nSPS) is 29.1. The minimum Gasteiger partial charge on any atom is -0.299 e. The lowest BCUT2D eigenvalue weighted by Gasteiger charge is -2.23. The molecule has 3 nitrogen and oxygen atoms in total. The molecule has 0 amide bonds. The van der Waals surface area contributed by atoms with Crippen LogP contribution in [0.3, 0.4) is 0 Å². The van der Waals surface area contributed by atoms with Gasteiger partial charge in [0.2, 0.25) is 0 Å². The summed E-state index contributed by atoms with van der Waals surface area (Å²) in [7, 11) is 0. The highest BCUT2D eigenvalue weighted by atomic mass is 16.2. The molecule has 0 aromatic heterocycles. The smallest absolute Gasteiger partial charge is 0.151 e. The fraction of sp³-hybridized carbons (Fsp3) is 0.700. The number of carbonyl (C=O) groups is 3. The highest BCUT2D eigenvalue weighted by molar-refractivity contribution is 6.20. The van der Waals surface area contributed by atoms with Gasteiger partial charge >= 0.3 is 0 Å². The Morgan fingerprint density at radius 1 is 1.31 bits per heavy atom. The van der Waals surface area contributed by atoms with Crippen molar-refractivity contribution in [3.8, 4) is 0 Å². The minimum absolute atomic E-state index is 0.163. The van der Waals surface area contributed by atoms with Gasteiger partial charge < -0.3 is 0 Å². The molecule has 0 saturated heterocycles. The highest BCUT2D eigenvalue weighted by Gasteiger charge is 2.37. The van der Waals surface area contributed by atoms with Crippen molar-refractivity contribution in [3.05, 3.63) is 0 Å². The quantitative estimate of drug-likeness (QED) is 0.602. The van der Waals surface area contributed by atoms with E-state index in [1.807, 2.05) is 6.92 Å². The van der Waals surface area contributed by atoms with Crippen molar-refractivity contribution in [1.82, 2.24) is 0 Å². The molecule has 0 heterocycles. The summed E-state index contributed by atoms with van der Waals surface area (Å²) < 4.78 is 0. The van der Waals surface area contributed by atoms with Crippen LogP contribution in [-0.2, 0) is 14.4 Å². The third-order valence-electron chi connectivity index (χ3n) is 2.61. The first-order chi connectivity index (χ1) is 6.06. The summed E-state index contributed by atoms with van der Waals surface area (Å²) in [5.74, 6) is -1.45. The Kier molecular flexibility index (Phi) is 2.96. The molecule has 0 radical (unpaired) electrons. The molecule has 0 N–H and O–H groups in total. The molecule has 72 valence electrons. The zero-order chi connectivity index (χ0) is 10.0. The Labute approximate surface area is 77.5 Å². The van der Waals surface area contributed by atoms with E-state index in [1.54, 1.807) is 0 Å². The van der Waals surface area contributed by atoms with E-state index >= 15 is 0 Å². The second-order valence-corrected chi connectivity index (χ2v) is 3.66. The van der Waals surface area contributed by atoms with Gasteiger partial charge in [-0.15, -0.1) is 0 Å². The number of carbonyl (C=O) groups excluding carboxylic acids is 3. The predicted molar refractivity (Wildman–Crippen MR) is 47.2 cm³/mol. The fourth-order valence-corrected chi connectivity index (χ4v) is 1.80. The van der Waals surface area contributed by atoms with Crippen LogP contribution in [0.2, 0.25) is 0 Å². The number of hydrogen-bond donors (Lipinski definition) is 0. The topological polar surface area (TPSA) is 51.2 Å². The first kappa shape index (κ1) is 10.1. The summed E-state index contributed by atoms with van der Waals surface area (Å²) in [6.45, 7) is 3.27. The summed E-state index contributed by atoms with van der Waals surface area (Å²) in [6, 6.07) is 0. The van der Waals surface area contributed by atoms with E-state index in [9.17, 15) is 14.4 Å². The SMILES string of the molecule is CCC1CC(=O)C(C(C)=O)C(=O)C1. The molecular formula is C10H14O3. The molecule has 1 saturated carbocycles. The Morgan fingerprint density at radius 2 is 1.77 bits per heavy atom. The van der Waals surface area contributed by atoms with Crippen LogP contribution in [0, 0.1) is 11.8 Å². The highest BCUT2D eigenvalue weighted by Crippen LogP contribution is 2.25. The molecule has 3 heteroatoms. The Balaban J connectivity index is 2.76. The van der Waals surface area contributed by atoms with Crippen LogP contribution in [0.1, 0.15) is 33.1 Å². The molecule has 1 aliphatic carbocycles. The second-order valence-electron chi connectivity index (χ2n) is 3.66. The maximum atomic E-state index is 11.4.